The number of hydrogen-bond donors (Lipinski definition) is 2. The largest absolute Gasteiger partial charge is 0.487 e. The van der Waals surface area contributed by atoms with Crippen LogP contribution in [0.3, 0.4) is 0 Å². The molecule has 0 unspecified atom stereocenters. The highest BCUT2D eigenvalue weighted by Gasteiger charge is 2.12. The van der Waals surface area contributed by atoms with Crippen molar-refractivity contribution in [3.8, 4) is 5.75 Å². The van der Waals surface area contributed by atoms with E-state index in [0.717, 1.165) is 17.5 Å². The normalized spacial score (nSPS) is 10.7. The van der Waals surface area contributed by atoms with Gasteiger partial charge in [0.05, 0.1) is 11.2 Å². The second-order valence-electron chi connectivity index (χ2n) is 6.81. The summed E-state index contributed by atoms with van der Waals surface area (Å²) in [6, 6.07) is 19.7. The molecular weight excluding hydrogens is 449 g/mol. The first-order valence-electron chi connectivity index (χ1n) is 9.84. The maximum Gasteiger partial charge on any atom is 0.329 e. The van der Waals surface area contributed by atoms with Gasteiger partial charge in [0, 0.05) is 10.7 Å². The van der Waals surface area contributed by atoms with Gasteiger partial charge in [-0.25, -0.2) is 5.43 Å². The molecule has 0 aliphatic carbocycles. The van der Waals surface area contributed by atoms with E-state index >= 15 is 0 Å². The molecule has 3 aromatic rings. The lowest BCUT2D eigenvalue weighted by atomic mass is 10.1. The number of carbonyl (C=O) groups excluding carboxylic acids is 2. The molecule has 0 bridgehead atoms. The first-order chi connectivity index (χ1) is 15.4. The van der Waals surface area contributed by atoms with Gasteiger partial charge in [-0.05, 0) is 65.6 Å². The Morgan fingerprint density at radius 1 is 0.938 bits per heavy atom. The molecule has 164 valence electrons. The number of hydrazone groups is 1. The topological polar surface area (TPSA) is 79.8 Å². The third-order valence-corrected chi connectivity index (χ3v) is 5.02. The van der Waals surface area contributed by atoms with E-state index in [2.05, 4.69) is 15.8 Å². The van der Waals surface area contributed by atoms with Gasteiger partial charge in [-0.1, -0.05) is 54.4 Å². The summed E-state index contributed by atoms with van der Waals surface area (Å²) in [7, 11) is 0. The fourth-order valence-electron chi connectivity index (χ4n) is 2.68. The van der Waals surface area contributed by atoms with Crippen molar-refractivity contribution in [1.82, 2.24) is 5.43 Å². The average molecular weight is 470 g/mol. The summed E-state index contributed by atoms with van der Waals surface area (Å²) < 4.78 is 5.72. The van der Waals surface area contributed by atoms with Crippen molar-refractivity contribution in [3.05, 3.63) is 93.5 Å². The molecule has 0 spiro atoms. The Balaban J connectivity index is 1.50. The molecule has 0 heterocycles. The van der Waals surface area contributed by atoms with E-state index in [1.54, 1.807) is 42.5 Å². The Bertz CT molecular complexity index is 1110. The van der Waals surface area contributed by atoms with Crippen LogP contribution in [0.1, 0.15) is 23.6 Å². The molecule has 6 nitrogen and oxygen atoms in total. The van der Waals surface area contributed by atoms with Crippen LogP contribution in [0.2, 0.25) is 10.0 Å². The molecule has 2 N–H and O–H groups in total. The van der Waals surface area contributed by atoms with Crippen molar-refractivity contribution >= 4 is 46.9 Å². The first-order valence-corrected chi connectivity index (χ1v) is 10.6. The lowest BCUT2D eigenvalue weighted by Gasteiger charge is -2.09. The second kappa shape index (κ2) is 11.3. The molecule has 0 radical (unpaired) electrons. The summed E-state index contributed by atoms with van der Waals surface area (Å²) in [5.41, 5.74) is 5.45. The van der Waals surface area contributed by atoms with Crippen LogP contribution in [-0.2, 0) is 22.6 Å². The molecule has 0 atom stereocenters. The Morgan fingerprint density at radius 3 is 2.28 bits per heavy atom. The second-order valence-corrected chi connectivity index (χ2v) is 7.65. The summed E-state index contributed by atoms with van der Waals surface area (Å²) in [4.78, 5) is 23.9. The van der Waals surface area contributed by atoms with Gasteiger partial charge in [-0.3, -0.25) is 9.59 Å². The Kier molecular flexibility index (Phi) is 8.25. The Morgan fingerprint density at radius 2 is 1.62 bits per heavy atom. The van der Waals surface area contributed by atoms with Gasteiger partial charge in [-0.15, -0.1) is 0 Å². The lowest BCUT2D eigenvalue weighted by Crippen LogP contribution is -2.32. The van der Waals surface area contributed by atoms with Crippen molar-refractivity contribution in [2.24, 2.45) is 5.10 Å². The molecule has 8 heteroatoms. The minimum absolute atomic E-state index is 0.344. The molecule has 0 aromatic heterocycles. The van der Waals surface area contributed by atoms with Crippen LogP contribution in [0.5, 0.6) is 5.75 Å². The minimum Gasteiger partial charge on any atom is -0.487 e. The van der Waals surface area contributed by atoms with Gasteiger partial charge in [0.1, 0.15) is 12.4 Å². The van der Waals surface area contributed by atoms with Crippen molar-refractivity contribution in [3.63, 3.8) is 0 Å². The number of carbonyl (C=O) groups is 2. The van der Waals surface area contributed by atoms with Crippen molar-refractivity contribution < 1.29 is 14.3 Å². The predicted molar refractivity (Wildman–Crippen MR) is 127 cm³/mol. The standard InChI is InChI=1S/C24H21Cl2N3O3/c1-2-16-5-10-20(11-6-16)28-23(30)24(31)29-27-14-18-7-12-22(21(26)13-18)32-15-17-3-8-19(25)9-4-17/h3-14H,2,15H2,1H3,(H,28,30)(H,29,31)/b27-14-. The third kappa shape index (κ3) is 6.83. The number of halogens is 2. The number of ether oxygens (including phenoxy) is 1. The van der Waals surface area contributed by atoms with E-state index in [0.29, 0.717) is 33.7 Å². The molecule has 0 aliphatic heterocycles. The molecule has 32 heavy (non-hydrogen) atoms. The summed E-state index contributed by atoms with van der Waals surface area (Å²) in [5, 5.41) is 7.38. The Labute approximate surface area is 196 Å². The number of anilines is 1. The number of amides is 2. The zero-order chi connectivity index (χ0) is 22.9. The molecule has 0 fully saturated rings. The van der Waals surface area contributed by atoms with Gasteiger partial charge in [-0.2, -0.15) is 5.10 Å². The number of benzene rings is 3. The first kappa shape index (κ1) is 23.3. The molecule has 3 rings (SSSR count). The van der Waals surface area contributed by atoms with Crippen LogP contribution in [0.4, 0.5) is 5.69 Å². The maximum atomic E-state index is 12.0. The zero-order valence-corrected chi connectivity index (χ0v) is 18.8. The van der Waals surface area contributed by atoms with Gasteiger partial charge in [0.2, 0.25) is 0 Å². The van der Waals surface area contributed by atoms with E-state index in [4.69, 9.17) is 27.9 Å². The van der Waals surface area contributed by atoms with Crippen LogP contribution in [0, 0.1) is 0 Å². The van der Waals surface area contributed by atoms with Crippen molar-refractivity contribution in [1.29, 1.82) is 0 Å². The molecule has 0 aliphatic rings. The zero-order valence-electron chi connectivity index (χ0n) is 17.3. The number of nitrogens with zero attached hydrogens (tertiary/aromatic N) is 1. The fraction of sp³-hybridized carbons (Fsp3) is 0.125. The highest BCUT2D eigenvalue weighted by molar-refractivity contribution is 6.39. The quantitative estimate of drug-likeness (QED) is 0.282. The molecule has 0 saturated carbocycles. The fourth-order valence-corrected chi connectivity index (χ4v) is 3.05. The maximum absolute atomic E-state index is 12.0. The summed E-state index contributed by atoms with van der Waals surface area (Å²) >= 11 is 12.1. The van der Waals surface area contributed by atoms with Crippen LogP contribution in [0.25, 0.3) is 0 Å². The van der Waals surface area contributed by atoms with Crippen molar-refractivity contribution in [2.75, 3.05) is 5.32 Å². The van der Waals surface area contributed by atoms with Gasteiger partial charge < -0.3 is 10.1 Å². The smallest absolute Gasteiger partial charge is 0.329 e. The number of rotatable bonds is 7. The Hall–Kier alpha value is -3.35. The van der Waals surface area contributed by atoms with Gasteiger partial charge in [0.15, 0.2) is 0 Å². The van der Waals surface area contributed by atoms with Crippen LogP contribution < -0.4 is 15.5 Å². The number of hydrogen-bond acceptors (Lipinski definition) is 4. The highest BCUT2D eigenvalue weighted by atomic mass is 35.5. The van der Waals surface area contributed by atoms with E-state index in [1.165, 1.54) is 6.21 Å². The van der Waals surface area contributed by atoms with Crippen LogP contribution >= 0.6 is 23.2 Å². The van der Waals surface area contributed by atoms with Crippen LogP contribution in [0.15, 0.2) is 71.8 Å². The van der Waals surface area contributed by atoms with Crippen LogP contribution in [-0.4, -0.2) is 18.0 Å². The predicted octanol–water partition coefficient (Wildman–Crippen LogP) is 5.22. The third-order valence-electron chi connectivity index (χ3n) is 4.47. The van der Waals surface area contributed by atoms with Gasteiger partial charge >= 0.3 is 11.8 Å². The highest BCUT2D eigenvalue weighted by Crippen LogP contribution is 2.26. The van der Waals surface area contributed by atoms with E-state index in [9.17, 15) is 9.59 Å². The molecule has 2 amide bonds. The monoisotopic (exact) mass is 469 g/mol. The summed E-state index contributed by atoms with van der Waals surface area (Å²) in [6.45, 7) is 2.38. The molecular formula is C24H21Cl2N3O3. The van der Waals surface area contributed by atoms with Crippen molar-refractivity contribution in [2.45, 2.75) is 20.0 Å². The lowest BCUT2D eigenvalue weighted by molar-refractivity contribution is -0.136. The average Bonchev–Trinajstić information content (AvgIpc) is 2.80. The van der Waals surface area contributed by atoms with Gasteiger partial charge in [0.25, 0.3) is 0 Å². The van der Waals surface area contributed by atoms with E-state index in [-0.39, 0.29) is 0 Å². The van der Waals surface area contributed by atoms with E-state index < -0.39 is 11.8 Å². The van der Waals surface area contributed by atoms with E-state index in [1.807, 2.05) is 31.2 Å². The SMILES string of the molecule is CCc1ccc(NC(=O)C(=O)N/N=C\c2ccc(OCc3ccc(Cl)cc3)c(Cl)c2)cc1. The minimum atomic E-state index is -0.880. The number of aryl methyl sites for hydroxylation is 1. The summed E-state index contributed by atoms with van der Waals surface area (Å²) in [5.74, 6) is -1.18. The molecule has 0 saturated heterocycles. The number of nitrogens with one attached hydrogen (secondary N) is 2. The summed E-state index contributed by atoms with van der Waals surface area (Å²) in [6.07, 6.45) is 2.28. The molecule has 3 aromatic carbocycles.